The van der Waals surface area contributed by atoms with Crippen molar-refractivity contribution in [3.05, 3.63) is 24.3 Å². The van der Waals surface area contributed by atoms with Crippen LogP contribution in [0.15, 0.2) is 24.3 Å². The smallest absolute Gasteiger partial charge is 0.220 e. The van der Waals surface area contributed by atoms with E-state index in [9.17, 15) is 20.1 Å². The molecule has 416 valence electrons. The van der Waals surface area contributed by atoms with E-state index in [0.29, 0.717) is 12.8 Å². The van der Waals surface area contributed by atoms with Crippen molar-refractivity contribution in [1.29, 1.82) is 0 Å². The second-order valence-electron chi connectivity index (χ2n) is 22.3. The molecule has 0 fully saturated rings. The Morgan fingerprint density at radius 3 is 0.900 bits per heavy atom. The minimum absolute atomic E-state index is 0.138. The average Bonchev–Trinajstić information content (AvgIpc) is 3.36. The lowest BCUT2D eigenvalue weighted by Gasteiger charge is -2.26. The first-order valence-corrected chi connectivity index (χ1v) is 32.1. The molecule has 4 N–H and O–H groups in total. The molecule has 0 aliphatic heterocycles. The number of nitrogens with one attached hydrogen (secondary N) is 1. The van der Waals surface area contributed by atoms with Crippen molar-refractivity contribution in [2.24, 2.45) is 0 Å². The highest BCUT2D eigenvalue weighted by Gasteiger charge is 2.26. The van der Waals surface area contributed by atoms with Crippen LogP contribution < -0.4 is 5.32 Å². The first-order chi connectivity index (χ1) is 34.6. The molecule has 0 bridgehead atoms. The maximum Gasteiger partial charge on any atom is 0.220 e. The molecule has 0 aromatic carbocycles. The van der Waals surface area contributed by atoms with Gasteiger partial charge in [-0.1, -0.05) is 334 Å². The lowest BCUT2D eigenvalue weighted by atomic mass is 9.99. The molecule has 0 saturated carbocycles. The molecular formula is C65H127NO4. The number of hydrogen-bond acceptors (Lipinski definition) is 4. The number of aliphatic hydroxyl groups is 3. The van der Waals surface area contributed by atoms with Gasteiger partial charge in [0.1, 0.15) is 6.10 Å². The van der Waals surface area contributed by atoms with E-state index in [4.69, 9.17) is 0 Å². The first kappa shape index (κ1) is 68.8. The summed E-state index contributed by atoms with van der Waals surface area (Å²) < 4.78 is 0. The summed E-state index contributed by atoms with van der Waals surface area (Å²) in [6.45, 7) is 4.23. The van der Waals surface area contributed by atoms with Gasteiger partial charge in [0.25, 0.3) is 0 Å². The number of amides is 1. The summed E-state index contributed by atoms with van der Waals surface area (Å²) in [6.07, 6.45) is 77.9. The fourth-order valence-corrected chi connectivity index (χ4v) is 10.4. The minimum Gasteiger partial charge on any atom is -0.394 e. The van der Waals surface area contributed by atoms with Crippen LogP contribution in [-0.2, 0) is 4.79 Å². The second-order valence-corrected chi connectivity index (χ2v) is 22.3. The van der Waals surface area contributed by atoms with Gasteiger partial charge in [-0.25, -0.2) is 0 Å². The zero-order valence-electron chi connectivity index (χ0n) is 47.7. The highest BCUT2D eigenvalue weighted by atomic mass is 16.3. The fraction of sp³-hybridized carbons (Fsp3) is 0.923. The molecule has 5 heteroatoms. The molecule has 0 aliphatic rings. The number of hydrogen-bond donors (Lipinski definition) is 4. The molecule has 0 radical (unpaired) electrons. The quantitative estimate of drug-likeness (QED) is 0.0361. The Labute approximate surface area is 439 Å². The van der Waals surface area contributed by atoms with E-state index in [-0.39, 0.29) is 12.5 Å². The molecule has 0 rings (SSSR count). The van der Waals surface area contributed by atoms with Crippen molar-refractivity contribution >= 4 is 5.91 Å². The third kappa shape index (κ3) is 54.6. The zero-order chi connectivity index (χ0) is 50.7. The Hall–Kier alpha value is -1.17. The van der Waals surface area contributed by atoms with Gasteiger partial charge in [0.2, 0.25) is 5.91 Å². The molecule has 3 unspecified atom stereocenters. The Morgan fingerprint density at radius 2 is 0.614 bits per heavy atom. The summed E-state index contributed by atoms with van der Waals surface area (Å²) in [5, 5.41) is 33.9. The molecule has 1 amide bonds. The van der Waals surface area contributed by atoms with Crippen LogP contribution in [0.1, 0.15) is 361 Å². The summed E-state index contributed by atoms with van der Waals surface area (Å²) in [4.78, 5) is 12.6. The van der Waals surface area contributed by atoms with Crippen molar-refractivity contribution in [1.82, 2.24) is 5.32 Å². The number of aliphatic hydroxyl groups excluding tert-OH is 3. The molecule has 3 atom stereocenters. The van der Waals surface area contributed by atoms with Crippen molar-refractivity contribution in [2.75, 3.05) is 6.61 Å². The minimum atomic E-state index is -1.14. The lowest BCUT2D eigenvalue weighted by Crippen LogP contribution is -2.50. The van der Waals surface area contributed by atoms with Gasteiger partial charge in [-0.3, -0.25) is 4.79 Å². The highest BCUT2D eigenvalue weighted by Crippen LogP contribution is 2.19. The van der Waals surface area contributed by atoms with Crippen LogP contribution in [0.5, 0.6) is 0 Å². The maximum atomic E-state index is 12.6. The summed E-state index contributed by atoms with van der Waals surface area (Å²) in [6, 6.07) is -0.809. The number of carbonyl (C=O) groups excluding carboxylic acids is 1. The fourth-order valence-electron chi connectivity index (χ4n) is 10.4. The maximum absolute atomic E-state index is 12.6. The lowest BCUT2D eigenvalue weighted by molar-refractivity contribution is -0.124. The highest BCUT2D eigenvalue weighted by molar-refractivity contribution is 5.76. The van der Waals surface area contributed by atoms with E-state index in [1.807, 2.05) is 0 Å². The molecule has 70 heavy (non-hydrogen) atoms. The summed E-state index contributed by atoms with van der Waals surface area (Å²) in [5.74, 6) is -0.138. The van der Waals surface area contributed by atoms with Crippen molar-refractivity contribution in [2.45, 2.75) is 379 Å². The van der Waals surface area contributed by atoms with Gasteiger partial charge >= 0.3 is 0 Å². The predicted octanol–water partition coefficient (Wildman–Crippen LogP) is 20.4. The summed E-state index contributed by atoms with van der Waals surface area (Å²) >= 11 is 0. The number of rotatable bonds is 60. The van der Waals surface area contributed by atoms with E-state index in [2.05, 4.69) is 43.5 Å². The molecule has 0 aromatic heterocycles. The van der Waals surface area contributed by atoms with E-state index in [1.165, 1.54) is 295 Å². The molecule has 0 saturated heterocycles. The summed E-state index contributed by atoms with van der Waals surface area (Å²) in [5.41, 5.74) is 0. The van der Waals surface area contributed by atoms with Crippen LogP contribution in [0.2, 0.25) is 0 Å². The zero-order valence-corrected chi connectivity index (χ0v) is 47.7. The topological polar surface area (TPSA) is 89.8 Å². The Morgan fingerprint density at radius 1 is 0.357 bits per heavy atom. The Bertz CT molecular complexity index is 1040. The largest absolute Gasteiger partial charge is 0.394 e. The molecular weight excluding hydrogens is 859 g/mol. The van der Waals surface area contributed by atoms with Crippen LogP contribution >= 0.6 is 0 Å². The van der Waals surface area contributed by atoms with Gasteiger partial charge in [-0.2, -0.15) is 0 Å². The number of allylic oxidation sites excluding steroid dienone is 4. The van der Waals surface area contributed by atoms with E-state index < -0.39 is 18.2 Å². The van der Waals surface area contributed by atoms with Crippen molar-refractivity contribution in [3.8, 4) is 0 Å². The number of unbranched alkanes of at least 4 members (excludes halogenated alkanes) is 48. The van der Waals surface area contributed by atoms with Gasteiger partial charge in [0.15, 0.2) is 0 Å². The van der Waals surface area contributed by atoms with Crippen molar-refractivity contribution < 1.29 is 20.1 Å². The predicted molar refractivity (Wildman–Crippen MR) is 310 cm³/mol. The third-order valence-corrected chi connectivity index (χ3v) is 15.3. The van der Waals surface area contributed by atoms with Crippen LogP contribution in [-0.4, -0.2) is 46.1 Å². The van der Waals surface area contributed by atoms with Gasteiger partial charge < -0.3 is 20.6 Å². The third-order valence-electron chi connectivity index (χ3n) is 15.3. The van der Waals surface area contributed by atoms with Crippen LogP contribution in [0.4, 0.5) is 0 Å². The van der Waals surface area contributed by atoms with Crippen LogP contribution in [0.25, 0.3) is 0 Å². The van der Waals surface area contributed by atoms with Gasteiger partial charge in [0.05, 0.1) is 18.8 Å². The van der Waals surface area contributed by atoms with Gasteiger partial charge in [-0.15, -0.1) is 0 Å². The first-order valence-electron chi connectivity index (χ1n) is 32.1. The molecule has 0 aromatic rings. The Kier molecular flexibility index (Phi) is 59.4. The molecule has 5 nitrogen and oxygen atoms in total. The van der Waals surface area contributed by atoms with Gasteiger partial charge in [0, 0.05) is 6.42 Å². The molecule has 0 heterocycles. The Balaban J connectivity index is 3.48. The van der Waals surface area contributed by atoms with E-state index >= 15 is 0 Å². The normalized spacial score (nSPS) is 13.3. The average molecular weight is 987 g/mol. The number of carbonyl (C=O) groups is 1. The van der Waals surface area contributed by atoms with E-state index in [1.54, 1.807) is 0 Å². The van der Waals surface area contributed by atoms with Crippen LogP contribution in [0.3, 0.4) is 0 Å². The van der Waals surface area contributed by atoms with E-state index in [0.717, 1.165) is 38.5 Å². The second kappa shape index (κ2) is 60.4. The van der Waals surface area contributed by atoms with Gasteiger partial charge in [-0.05, 0) is 44.9 Å². The van der Waals surface area contributed by atoms with Crippen molar-refractivity contribution in [3.63, 3.8) is 0 Å². The molecule has 0 spiro atoms. The van der Waals surface area contributed by atoms with Crippen LogP contribution in [0, 0.1) is 0 Å². The SMILES string of the molecule is CCCCCCCCCCC/C=C\C/C=C\CCCCCCCCCCCCCCCCCCCC(=O)NC(CO)C(O)C(O)CCCCCCCCCCCCCCCCCCCCCCCCC. The molecule has 0 aliphatic carbocycles. The summed E-state index contributed by atoms with van der Waals surface area (Å²) in [7, 11) is 0. The monoisotopic (exact) mass is 986 g/mol. The standard InChI is InChI=1S/C65H127NO4/c1-3-5-7-9-11-13-15-17-19-21-23-25-27-28-29-30-31-32-33-34-35-36-38-40-42-44-46-48-50-52-54-56-58-60-64(69)66-62(61-67)65(70)63(68)59-57-55-53-51-49-47-45-43-41-39-37-26-24-22-20-18-16-14-12-10-8-6-4-2/h23,25,28-29,62-63,65,67-68,70H,3-22,24,26-27,30-61H2,1-2H3,(H,66,69)/b25-23-,29-28-.